The molecule has 1 aromatic heterocycles. The summed E-state index contributed by atoms with van der Waals surface area (Å²) in [5.74, 6) is 1.74. The van der Waals surface area contributed by atoms with Crippen molar-refractivity contribution >= 4 is 5.96 Å². The van der Waals surface area contributed by atoms with Gasteiger partial charge in [-0.3, -0.25) is 4.99 Å². The highest BCUT2D eigenvalue weighted by molar-refractivity contribution is 5.81. The fraction of sp³-hybridized carbons (Fsp3) is 0.636. The van der Waals surface area contributed by atoms with Crippen molar-refractivity contribution in [2.45, 2.75) is 13.5 Å². The quantitative estimate of drug-likeness (QED) is 0.812. The minimum atomic E-state index is 0.687. The van der Waals surface area contributed by atoms with Gasteiger partial charge in [0.1, 0.15) is 0 Å². The third-order valence-electron chi connectivity index (χ3n) is 2.96. The molecule has 94 valence electrons. The third-order valence-corrected chi connectivity index (χ3v) is 2.96. The van der Waals surface area contributed by atoms with Crippen LogP contribution in [0.4, 0.5) is 0 Å². The van der Waals surface area contributed by atoms with E-state index in [0.29, 0.717) is 6.54 Å². The van der Waals surface area contributed by atoms with Crippen molar-refractivity contribution in [1.29, 1.82) is 0 Å². The Balaban J connectivity index is 2.08. The van der Waals surface area contributed by atoms with Crippen LogP contribution >= 0.6 is 0 Å². The van der Waals surface area contributed by atoms with E-state index in [1.54, 1.807) is 11.8 Å². The van der Waals surface area contributed by atoms with Gasteiger partial charge in [0.25, 0.3) is 0 Å². The van der Waals surface area contributed by atoms with Crippen LogP contribution in [0, 0.1) is 6.92 Å². The average Bonchev–Trinajstić information content (AvgIpc) is 2.80. The number of nitrogens with zero attached hydrogens (tertiary/aromatic N) is 4. The topological polar surface area (TPSA) is 54.7 Å². The van der Waals surface area contributed by atoms with Crippen molar-refractivity contribution in [1.82, 2.24) is 20.0 Å². The number of aromatic nitrogens is 2. The van der Waals surface area contributed by atoms with E-state index in [1.807, 2.05) is 21.0 Å². The van der Waals surface area contributed by atoms with Crippen LogP contribution < -0.4 is 10.1 Å². The summed E-state index contributed by atoms with van der Waals surface area (Å²) in [6, 6.07) is 0. The number of hydrogen-bond donors (Lipinski definition) is 1. The second kappa shape index (κ2) is 4.65. The van der Waals surface area contributed by atoms with Crippen LogP contribution in [0.1, 0.15) is 11.3 Å². The number of aryl methyl sites for hydroxylation is 2. The Morgan fingerprint density at radius 3 is 2.76 bits per heavy atom. The lowest BCUT2D eigenvalue weighted by Gasteiger charge is -2.15. The van der Waals surface area contributed by atoms with Gasteiger partial charge < -0.3 is 15.0 Å². The molecule has 2 heterocycles. The smallest absolute Gasteiger partial charge is 0.216 e. The highest BCUT2D eigenvalue weighted by Crippen LogP contribution is 2.20. The molecule has 1 aromatic rings. The summed E-state index contributed by atoms with van der Waals surface area (Å²) in [6.45, 7) is 4.51. The molecule has 0 radical (unpaired) electrons. The predicted molar refractivity (Wildman–Crippen MR) is 66.3 cm³/mol. The van der Waals surface area contributed by atoms with E-state index in [2.05, 4.69) is 20.3 Å². The number of rotatable bonds is 3. The summed E-state index contributed by atoms with van der Waals surface area (Å²) in [4.78, 5) is 6.50. The lowest BCUT2D eigenvalue weighted by molar-refractivity contribution is 0.368. The molecule has 0 amide bonds. The lowest BCUT2D eigenvalue weighted by atomic mass is 10.2. The minimum absolute atomic E-state index is 0.687. The molecule has 1 N–H and O–H groups in total. The molecule has 1 aliphatic heterocycles. The second-order valence-corrected chi connectivity index (χ2v) is 4.18. The summed E-state index contributed by atoms with van der Waals surface area (Å²) in [5, 5.41) is 7.66. The van der Waals surface area contributed by atoms with Gasteiger partial charge in [0.05, 0.1) is 31.5 Å². The molecular formula is C11H19N5O. The van der Waals surface area contributed by atoms with Gasteiger partial charge in [0.2, 0.25) is 5.88 Å². The Morgan fingerprint density at radius 1 is 1.41 bits per heavy atom. The molecule has 0 aliphatic carbocycles. The maximum absolute atomic E-state index is 5.35. The van der Waals surface area contributed by atoms with Crippen molar-refractivity contribution in [2.75, 3.05) is 27.2 Å². The Morgan fingerprint density at radius 2 is 2.18 bits per heavy atom. The Bertz CT molecular complexity index is 437. The van der Waals surface area contributed by atoms with Crippen molar-refractivity contribution in [3.05, 3.63) is 11.3 Å². The highest BCUT2D eigenvalue weighted by atomic mass is 16.5. The molecule has 0 atom stereocenters. The lowest BCUT2D eigenvalue weighted by Crippen LogP contribution is -2.35. The van der Waals surface area contributed by atoms with Gasteiger partial charge >= 0.3 is 0 Å². The summed E-state index contributed by atoms with van der Waals surface area (Å²) < 4.78 is 7.10. The first kappa shape index (κ1) is 11.8. The summed E-state index contributed by atoms with van der Waals surface area (Å²) >= 11 is 0. The summed E-state index contributed by atoms with van der Waals surface area (Å²) in [6.07, 6.45) is 0. The van der Waals surface area contributed by atoms with Crippen molar-refractivity contribution in [2.24, 2.45) is 12.0 Å². The highest BCUT2D eigenvalue weighted by Gasteiger charge is 2.16. The first-order valence-electron chi connectivity index (χ1n) is 5.69. The van der Waals surface area contributed by atoms with Crippen LogP contribution in [0.3, 0.4) is 0 Å². The van der Waals surface area contributed by atoms with Crippen molar-refractivity contribution < 1.29 is 4.74 Å². The van der Waals surface area contributed by atoms with E-state index in [-0.39, 0.29) is 0 Å². The molecule has 0 bridgehead atoms. The van der Waals surface area contributed by atoms with Crippen LogP contribution in [0.2, 0.25) is 0 Å². The zero-order valence-electron chi connectivity index (χ0n) is 10.8. The Labute approximate surface area is 101 Å². The van der Waals surface area contributed by atoms with E-state index < -0.39 is 0 Å². The fourth-order valence-electron chi connectivity index (χ4n) is 2.03. The van der Waals surface area contributed by atoms with Gasteiger partial charge in [0.15, 0.2) is 5.96 Å². The number of aliphatic imine (C=N–C) groups is 1. The zero-order chi connectivity index (χ0) is 12.4. The number of hydrogen-bond acceptors (Lipinski definition) is 5. The first-order valence-corrected chi connectivity index (χ1v) is 5.69. The molecule has 6 heteroatoms. The maximum atomic E-state index is 5.35. The number of nitrogens with one attached hydrogen (secondary N) is 1. The molecule has 0 unspecified atom stereocenters. The number of methoxy groups -OCH3 is 1. The molecule has 1 aliphatic rings. The van der Waals surface area contributed by atoms with Gasteiger partial charge in [-0.05, 0) is 6.92 Å². The van der Waals surface area contributed by atoms with E-state index in [1.165, 1.54) is 0 Å². The summed E-state index contributed by atoms with van der Waals surface area (Å²) in [7, 11) is 5.58. The molecule has 6 nitrogen and oxygen atoms in total. The van der Waals surface area contributed by atoms with Crippen LogP contribution in [0.15, 0.2) is 4.99 Å². The second-order valence-electron chi connectivity index (χ2n) is 4.18. The molecule has 17 heavy (non-hydrogen) atoms. The van der Waals surface area contributed by atoms with Gasteiger partial charge in [-0.25, -0.2) is 4.68 Å². The average molecular weight is 237 g/mol. The normalized spacial score (nSPS) is 15.1. The fourth-order valence-corrected chi connectivity index (χ4v) is 2.03. The van der Waals surface area contributed by atoms with Crippen LogP contribution in [0.5, 0.6) is 5.88 Å². The minimum Gasteiger partial charge on any atom is -0.481 e. The molecular weight excluding hydrogens is 218 g/mol. The standard InChI is InChI=1S/C11H19N5O/c1-8-9(10(17-4)16(3)14-8)7-13-11-12-5-6-15(11)2/h5-7H2,1-4H3,(H,12,13). The number of likely N-dealkylation sites (N-methyl/N-ethyl adjacent to an activating group) is 1. The molecule has 0 spiro atoms. The molecule has 2 rings (SSSR count). The summed E-state index contributed by atoms with van der Waals surface area (Å²) in [5.41, 5.74) is 2.07. The van der Waals surface area contributed by atoms with E-state index in [0.717, 1.165) is 36.2 Å². The molecule has 0 saturated carbocycles. The van der Waals surface area contributed by atoms with E-state index in [9.17, 15) is 0 Å². The Hall–Kier alpha value is -1.72. The third kappa shape index (κ3) is 2.20. The number of ether oxygens (including phenoxy) is 1. The zero-order valence-corrected chi connectivity index (χ0v) is 10.8. The largest absolute Gasteiger partial charge is 0.481 e. The van der Waals surface area contributed by atoms with Gasteiger partial charge in [-0.1, -0.05) is 0 Å². The molecule has 0 fully saturated rings. The van der Waals surface area contributed by atoms with Crippen LogP contribution in [-0.4, -0.2) is 47.9 Å². The van der Waals surface area contributed by atoms with Crippen molar-refractivity contribution in [3.8, 4) is 5.88 Å². The maximum Gasteiger partial charge on any atom is 0.216 e. The van der Waals surface area contributed by atoms with E-state index >= 15 is 0 Å². The van der Waals surface area contributed by atoms with Gasteiger partial charge in [-0.2, -0.15) is 5.10 Å². The molecule has 0 aromatic carbocycles. The van der Waals surface area contributed by atoms with Gasteiger partial charge in [0, 0.05) is 20.6 Å². The first-order chi connectivity index (χ1) is 8.13. The molecule has 0 saturated heterocycles. The van der Waals surface area contributed by atoms with Crippen LogP contribution in [-0.2, 0) is 13.6 Å². The predicted octanol–water partition coefficient (Wildman–Crippen LogP) is 0.128. The van der Waals surface area contributed by atoms with E-state index in [4.69, 9.17) is 4.74 Å². The Kier molecular flexibility index (Phi) is 3.21. The monoisotopic (exact) mass is 237 g/mol. The SMILES string of the molecule is COc1c(CNC2=NCCN2C)c(C)nn1C. The van der Waals surface area contributed by atoms with Crippen molar-refractivity contribution in [3.63, 3.8) is 0 Å². The van der Waals surface area contributed by atoms with Crippen LogP contribution in [0.25, 0.3) is 0 Å². The number of guanidine groups is 1. The van der Waals surface area contributed by atoms with Gasteiger partial charge in [-0.15, -0.1) is 0 Å².